The van der Waals surface area contributed by atoms with E-state index in [0.717, 1.165) is 29.5 Å². The molecule has 1 heterocycles. The third kappa shape index (κ3) is 8.35. The van der Waals surface area contributed by atoms with Gasteiger partial charge in [-0.15, -0.1) is 0 Å². The number of phosphoric acid groups is 1. The van der Waals surface area contributed by atoms with Crippen LogP contribution in [0.15, 0.2) is 91.0 Å². The minimum absolute atomic E-state index is 0.00752. The van der Waals surface area contributed by atoms with Crippen LogP contribution in [-0.4, -0.2) is 36.2 Å². The van der Waals surface area contributed by atoms with Crippen molar-refractivity contribution in [1.82, 2.24) is 4.90 Å². The number of ether oxygens (including phenoxy) is 1. The summed E-state index contributed by atoms with van der Waals surface area (Å²) in [6, 6.07) is 27.5. The number of amides is 1. The second kappa shape index (κ2) is 14.2. The Labute approximate surface area is 229 Å². The van der Waals surface area contributed by atoms with E-state index < -0.39 is 26.6 Å². The van der Waals surface area contributed by atoms with Gasteiger partial charge in [0.15, 0.2) is 0 Å². The Balaban J connectivity index is 1.40. The van der Waals surface area contributed by atoms with Crippen LogP contribution in [0.2, 0.25) is 0 Å². The number of carbonyl (C=O) groups excluding carboxylic acids is 2. The Hall–Kier alpha value is -3.29. The maximum Gasteiger partial charge on any atom is 0.478 e. The van der Waals surface area contributed by atoms with Crippen molar-refractivity contribution in [2.24, 2.45) is 0 Å². The SMILES string of the molecule is CC(=O)C(c1ccccc1)C1CCCCN1C(=O)OCOP(=O)(OCc1ccccc1)OCc1ccccc1. The van der Waals surface area contributed by atoms with Crippen LogP contribution in [-0.2, 0) is 40.9 Å². The van der Waals surface area contributed by atoms with Crippen LogP contribution in [0.25, 0.3) is 0 Å². The first kappa shape index (κ1) is 28.7. The monoisotopic (exact) mass is 551 g/mol. The molecule has 0 N–H and O–H groups in total. The molecule has 4 rings (SSSR count). The molecule has 1 aliphatic rings. The molecule has 206 valence electrons. The van der Waals surface area contributed by atoms with Gasteiger partial charge in [-0.05, 0) is 42.9 Å². The number of nitrogens with zero attached hydrogens (tertiary/aromatic N) is 1. The van der Waals surface area contributed by atoms with Crippen LogP contribution in [0.4, 0.5) is 4.79 Å². The van der Waals surface area contributed by atoms with Crippen molar-refractivity contribution in [2.75, 3.05) is 13.3 Å². The molecule has 0 aliphatic carbocycles. The number of rotatable bonds is 12. The second-order valence-electron chi connectivity index (χ2n) is 9.38. The molecule has 1 aliphatic heterocycles. The lowest BCUT2D eigenvalue weighted by atomic mass is 9.83. The zero-order valence-corrected chi connectivity index (χ0v) is 22.9. The Morgan fingerprint density at radius 3 is 1.90 bits per heavy atom. The predicted molar refractivity (Wildman–Crippen MR) is 147 cm³/mol. The van der Waals surface area contributed by atoms with Crippen LogP contribution in [0, 0.1) is 0 Å². The highest BCUT2D eigenvalue weighted by atomic mass is 31.2. The zero-order valence-electron chi connectivity index (χ0n) is 22.0. The smallest absolute Gasteiger partial charge is 0.422 e. The molecule has 8 nitrogen and oxygen atoms in total. The van der Waals surface area contributed by atoms with Gasteiger partial charge in [-0.3, -0.25) is 13.8 Å². The van der Waals surface area contributed by atoms with Crippen LogP contribution in [0.1, 0.15) is 48.8 Å². The molecule has 0 radical (unpaired) electrons. The minimum atomic E-state index is -4.09. The highest BCUT2D eigenvalue weighted by Crippen LogP contribution is 2.51. The van der Waals surface area contributed by atoms with Crippen molar-refractivity contribution in [3.05, 3.63) is 108 Å². The predicted octanol–water partition coefficient (Wildman–Crippen LogP) is 6.87. The van der Waals surface area contributed by atoms with E-state index in [9.17, 15) is 14.2 Å². The summed E-state index contributed by atoms with van der Waals surface area (Å²) in [6.07, 6.45) is 1.73. The van der Waals surface area contributed by atoms with Crippen LogP contribution >= 0.6 is 7.82 Å². The number of likely N-dealkylation sites (tertiary alicyclic amines) is 1. The van der Waals surface area contributed by atoms with Crippen molar-refractivity contribution in [3.8, 4) is 0 Å². The van der Waals surface area contributed by atoms with Crippen LogP contribution in [0.5, 0.6) is 0 Å². The molecule has 2 unspecified atom stereocenters. The van der Waals surface area contributed by atoms with E-state index in [1.54, 1.807) is 11.8 Å². The third-order valence-electron chi connectivity index (χ3n) is 6.62. The number of ketones is 1. The molecule has 3 aromatic carbocycles. The topological polar surface area (TPSA) is 91.4 Å². The first-order valence-corrected chi connectivity index (χ1v) is 14.5. The number of phosphoric ester groups is 1. The molecule has 9 heteroatoms. The highest BCUT2D eigenvalue weighted by molar-refractivity contribution is 7.48. The van der Waals surface area contributed by atoms with Gasteiger partial charge in [0.2, 0.25) is 6.79 Å². The van der Waals surface area contributed by atoms with Crippen LogP contribution < -0.4 is 0 Å². The lowest BCUT2D eigenvalue weighted by Gasteiger charge is -2.39. The lowest BCUT2D eigenvalue weighted by Crippen LogP contribution is -2.48. The van der Waals surface area contributed by atoms with Crippen molar-refractivity contribution in [3.63, 3.8) is 0 Å². The Morgan fingerprint density at radius 1 is 0.821 bits per heavy atom. The van der Waals surface area contributed by atoms with E-state index in [1.807, 2.05) is 91.0 Å². The molecule has 2 atom stereocenters. The normalized spacial score (nSPS) is 16.4. The molecular formula is C30H34NO7P. The van der Waals surface area contributed by atoms with E-state index in [2.05, 4.69) is 0 Å². The van der Waals surface area contributed by atoms with Gasteiger partial charge in [-0.1, -0.05) is 91.0 Å². The maximum atomic E-state index is 13.4. The van der Waals surface area contributed by atoms with E-state index in [1.165, 1.54) is 0 Å². The maximum absolute atomic E-state index is 13.4. The van der Waals surface area contributed by atoms with Gasteiger partial charge in [0.25, 0.3) is 0 Å². The van der Waals surface area contributed by atoms with Gasteiger partial charge in [0.1, 0.15) is 5.78 Å². The molecular weight excluding hydrogens is 517 g/mol. The highest BCUT2D eigenvalue weighted by Gasteiger charge is 2.37. The van der Waals surface area contributed by atoms with Gasteiger partial charge in [0, 0.05) is 12.6 Å². The van der Waals surface area contributed by atoms with E-state index in [-0.39, 0.29) is 25.0 Å². The fraction of sp³-hybridized carbons (Fsp3) is 0.333. The minimum Gasteiger partial charge on any atom is -0.422 e. The molecule has 1 amide bonds. The number of hydrogen-bond donors (Lipinski definition) is 0. The van der Waals surface area contributed by atoms with Gasteiger partial charge >= 0.3 is 13.9 Å². The summed E-state index contributed by atoms with van der Waals surface area (Å²) >= 11 is 0. The number of Topliss-reactive ketones (excluding diaryl/α,β-unsaturated/α-hetero) is 1. The Bertz CT molecular complexity index is 1190. The zero-order chi connectivity index (χ0) is 27.5. The fourth-order valence-electron chi connectivity index (χ4n) is 4.71. The standard InChI is InChI=1S/C30H34NO7P/c1-24(32)29(27-17-9-4-10-18-27)28-19-11-12-20-31(28)30(33)35-23-38-39(34,36-21-25-13-5-2-6-14-25)37-22-26-15-7-3-8-16-26/h2-10,13-18,28-29H,11-12,19-23H2,1H3. The summed E-state index contributed by atoms with van der Waals surface area (Å²) in [5.74, 6) is -0.482. The average molecular weight is 552 g/mol. The molecule has 0 bridgehead atoms. The molecule has 0 saturated carbocycles. The Kier molecular flexibility index (Phi) is 10.5. The molecule has 39 heavy (non-hydrogen) atoms. The summed E-state index contributed by atoms with van der Waals surface area (Å²) in [5.41, 5.74) is 2.43. The first-order chi connectivity index (χ1) is 19.0. The Morgan fingerprint density at radius 2 is 1.36 bits per heavy atom. The van der Waals surface area contributed by atoms with Crippen molar-refractivity contribution in [2.45, 2.75) is 51.4 Å². The van der Waals surface area contributed by atoms with Gasteiger partial charge < -0.3 is 9.64 Å². The number of benzene rings is 3. The summed E-state index contributed by atoms with van der Waals surface area (Å²) in [7, 11) is -4.09. The summed E-state index contributed by atoms with van der Waals surface area (Å²) in [5, 5.41) is 0. The number of hydrogen-bond acceptors (Lipinski definition) is 7. The van der Waals surface area contributed by atoms with E-state index in [0.29, 0.717) is 13.0 Å². The molecule has 1 saturated heterocycles. The van der Waals surface area contributed by atoms with E-state index in [4.69, 9.17) is 18.3 Å². The van der Waals surface area contributed by atoms with Crippen molar-refractivity contribution < 1.29 is 32.5 Å². The van der Waals surface area contributed by atoms with Crippen molar-refractivity contribution in [1.29, 1.82) is 0 Å². The second-order valence-corrected chi connectivity index (χ2v) is 11.0. The summed E-state index contributed by atoms with van der Waals surface area (Å²) in [6.45, 7) is 1.36. The van der Waals surface area contributed by atoms with Gasteiger partial charge in [0.05, 0.1) is 19.1 Å². The lowest BCUT2D eigenvalue weighted by molar-refractivity contribution is -0.120. The van der Waals surface area contributed by atoms with Gasteiger partial charge in [-0.25, -0.2) is 13.9 Å². The first-order valence-electron chi connectivity index (χ1n) is 13.1. The quantitative estimate of drug-likeness (QED) is 0.179. The summed E-state index contributed by atoms with van der Waals surface area (Å²) in [4.78, 5) is 27.4. The largest absolute Gasteiger partial charge is 0.478 e. The van der Waals surface area contributed by atoms with Crippen molar-refractivity contribution >= 4 is 19.7 Å². The molecule has 1 fully saturated rings. The third-order valence-corrected chi connectivity index (χ3v) is 7.94. The van der Waals surface area contributed by atoms with Crippen LogP contribution in [0.3, 0.4) is 0 Å². The molecule has 3 aromatic rings. The van der Waals surface area contributed by atoms with E-state index >= 15 is 0 Å². The fourth-order valence-corrected chi connectivity index (χ4v) is 5.73. The molecule has 0 aromatic heterocycles. The average Bonchev–Trinajstić information content (AvgIpc) is 2.97. The van der Waals surface area contributed by atoms with Gasteiger partial charge in [-0.2, -0.15) is 0 Å². The number of piperidine rings is 1. The molecule has 0 spiro atoms. The summed E-state index contributed by atoms with van der Waals surface area (Å²) < 4.78 is 35.4. The number of carbonyl (C=O) groups is 2.